The average Bonchev–Trinajstić information content (AvgIpc) is 2.28. The van der Waals surface area contributed by atoms with Crippen LogP contribution in [0.3, 0.4) is 0 Å². The van der Waals surface area contributed by atoms with Crippen LogP contribution in [0.1, 0.15) is 38.5 Å². The van der Waals surface area contributed by atoms with Gasteiger partial charge in [-0.2, -0.15) is 0 Å². The summed E-state index contributed by atoms with van der Waals surface area (Å²) in [4.78, 5) is 5.04. The van der Waals surface area contributed by atoms with Gasteiger partial charge < -0.3 is 15.5 Å². The molecule has 3 nitrogen and oxygen atoms in total. The standard InChI is InChI=1S/C14H29N3/c1-16(2)13-5-3-9-17(11-13)10-8-14(12-15)6-4-7-14/h13H,3-12,15H2,1-2H3. The van der Waals surface area contributed by atoms with Crippen LogP contribution in [-0.4, -0.2) is 56.1 Å². The van der Waals surface area contributed by atoms with E-state index < -0.39 is 0 Å². The molecule has 0 spiro atoms. The van der Waals surface area contributed by atoms with Crippen LogP contribution < -0.4 is 5.73 Å². The molecule has 1 aliphatic heterocycles. The van der Waals surface area contributed by atoms with Crippen LogP contribution in [-0.2, 0) is 0 Å². The molecule has 1 atom stereocenters. The Hall–Kier alpha value is -0.120. The number of likely N-dealkylation sites (N-methyl/N-ethyl adjacent to an activating group) is 1. The first-order chi connectivity index (χ1) is 8.15. The Bertz CT molecular complexity index is 230. The third kappa shape index (κ3) is 3.21. The van der Waals surface area contributed by atoms with Gasteiger partial charge in [0.1, 0.15) is 0 Å². The molecule has 2 rings (SSSR count). The quantitative estimate of drug-likeness (QED) is 0.790. The summed E-state index contributed by atoms with van der Waals surface area (Å²) >= 11 is 0. The molecule has 1 saturated carbocycles. The first-order valence-corrected chi connectivity index (χ1v) is 7.24. The van der Waals surface area contributed by atoms with Gasteiger partial charge in [-0.25, -0.2) is 0 Å². The maximum Gasteiger partial charge on any atom is 0.0217 e. The minimum atomic E-state index is 0.519. The van der Waals surface area contributed by atoms with Crippen LogP contribution in [0.2, 0.25) is 0 Å². The zero-order valence-corrected chi connectivity index (χ0v) is 11.6. The van der Waals surface area contributed by atoms with E-state index in [-0.39, 0.29) is 0 Å². The summed E-state index contributed by atoms with van der Waals surface area (Å²) in [5, 5.41) is 0. The molecule has 100 valence electrons. The highest BCUT2D eigenvalue weighted by Gasteiger charge is 2.35. The first-order valence-electron chi connectivity index (χ1n) is 7.24. The molecule has 2 N–H and O–H groups in total. The van der Waals surface area contributed by atoms with Gasteiger partial charge in [0.25, 0.3) is 0 Å². The van der Waals surface area contributed by atoms with E-state index >= 15 is 0 Å². The lowest BCUT2D eigenvalue weighted by Gasteiger charge is -2.43. The summed E-state index contributed by atoms with van der Waals surface area (Å²) in [6, 6.07) is 0.763. The van der Waals surface area contributed by atoms with Crippen LogP contribution >= 0.6 is 0 Å². The number of nitrogens with two attached hydrogens (primary N) is 1. The van der Waals surface area contributed by atoms with Crippen LogP contribution in [0.5, 0.6) is 0 Å². The highest BCUT2D eigenvalue weighted by molar-refractivity contribution is 4.90. The van der Waals surface area contributed by atoms with Crippen molar-refractivity contribution in [3.05, 3.63) is 0 Å². The fraction of sp³-hybridized carbons (Fsp3) is 1.00. The summed E-state index contributed by atoms with van der Waals surface area (Å²) in [7, 11) is 4.42. The molecule has 2 fully saturated rings. The number of piperidine rings is 1. The average molecular weight is 239 g/mol. The second-order valence-electron chi connectivity index (χ2n) is 6.37. The zero-order valence-electron chi connectivity index (χ0n) is 11.6. The Morgan fingerprint density at radius 3 is 2.59 bits per heavy atom. The summed E-state index contributed by atoms with van der Waals surface area (Å²) < 4.78 is 0. The Labute approximate surface area is 106 Å². The van der Waals surface area contributed by atoms with Gasteiger partial charge >= 0.3 is 0 Å². The third-order valence-electron chi connectivity index (χ3n) is 5.02. The number of hydrogen-bond donors (Lipinski definition) is 1. The van der Waals surface area contributed by atoms with E-state index in [0.717, 1.165) is 12.6 Å². The van der Waals surface area contributed by atoms with Crippen molar-refractivity contribution in [3.8, 4) is 0 Å². The predicted molar refractivity (Wildman–Crippen MR) is 73.1 cm³/mol. The van der Waals surface area contributed by atoms with E-state index in [0.29, 0.717) is 5.41 Å². The van der Waals surface area contributed by atoms with Gasteiger partial charge in [0, 0.05) is 12.6 Å². The van der Waals surface area contributed by atoms with E-state index in [1.54, 1.807) is 0 Å². The highest BCUT2D eigenvalue weighted by Crippen LogP contribution is 2.43. The van der Waals surface area contributed by atoms with E-state index in [1.165, 1.54) is 58.2 Å². The van der Waals surface area contributed by atoms with Gasteiger partial charge in [-0.05, 0) is 71.2 Å². The molecule has 0 aromatic carbocycles. The minimum absolute atomic E-state index is 0.519. The second kappa shape index (κ2) is 5.68. The molecule has 0 bridgehead atoms. The first kappa shape index (κ1) is 13.3. The lowest BCUT2D eigenvalue weighted by Crippen LogP contribution is -2.47. The van der Waals surface area contributed by atoms with Gasteiger partial charge in [0.05, 0.1) is 0 Å². The molecule has 17 heavy (non-hydrogen) atoms. The van der Waals surface area contributed by atoms with Gasteiger partial charge in [0.2, 0.25) is 0 Å². The molecule has 0 aromatic rings. The van der Waals surface area contributed by atoms with Crippen molar-refractivity contribution in [2.75, 3.05) is 40.3 Å². The summed E-state index contributed by atoms with van der Waals surface area (Å²) in [6.07, 6.45) is 8.19. The van der Waals surface area contributed by atoms with E-state index in [1.807, 2.05) is 0 Å². The third-order valence-corrected chi connectivity index (χ3v) is 5.02. The highest BCUT2D eigenvalue weighted by atomic mass is 15.2. The summed E-state index contributed by atoms with van der Waals surface area (Å²) in [6.45, 7) is 4.72. The molecule has 0 radical (unpaired) electrons. The van der Waals surface area contributed by atoms with Gasteiger partial charge in [-0.3, -0.25) is 0 Å². The molecule has 0 aromatic heterocycles. The topological polar surface area (TPSA) is 32.5 Å². The van der Waals surface area contributed by atoms with Crippen molar-refractivity contribution in [1.29, 1.82) is 0 Å². The molecule has 0 amide bonds. The summed E-state index contributed by atoms with van der Waals surface area (Å²) in [5.41, 5.74) is 6.45. The van der Waals surface area contributed by atoms with Crippen molar-refractivity contribution in [2.45, 2.75) is 44.6 Å². The van der Waals surface area contributed by atoms with Crippen LogP contribution in [0.15, 0.2) is 0 Å². The van der Waals surface area contributed by atoms with Crippen molar-refractivity contribution in [1.82, 2.24) is 9.80 Å². The van der Waals surface area contributed by atoms with Crippen molar-refractivity contribution < 1.29 is 0 Å². The molecule has 1 unspecified atom stereocenters. The normalized spacial score (nSPS) is 29.3. The molecule has 1 heterocycles. The summed E-state index contributed by atoms with van der Waals surface area (Å²) in [5.74, 6) is 0. The van der Waals surface area contributed by atoms with E-state index in [2.05, 4.69) is 23.9 Å². The Balaban J connectivity index is 1.75. The Morgan fingerprint density at radius 2 is 2.06 bits per heavy atom. The SMILES string of the molecule is CN(C)C1CCCN(CCC2(CN)CCC2)C1. The van der Waals surface area contributed by atoms with Gasteiger partial charge in [0.15, 0.2) is 0 Å². The maximum absolute atomic E-state index is 5.93. The van der Waals surface area contributed by atoms with Crippen molar-refractivity contribution in [3.63, 3.8) is 0 Å². The monoisotopic (exact) mass is 239 g/mol. The molecular weight excluding hydrogens is 210 g/mol. The zero-order chi connectivity index (χ0) is 12.3. The second-order valence-corrected chi connectivity index (χ2v) is 6.37. The number of nitrogens with zero attached hydrogens (tertiary/aromatic N) is 2. The maximum atomic E-state index is 5.93. The van der Waals surface area contributed by atoms with E-state index in [4.69, 9.17) is 5.73 Å². The Morgan fingerprint density at radius 1 is 1.29 bits per heavy atom. The van der Waals surface area contributed by atoms with Crippen molar-refractivity contribution in [2.24, 2.45) is 11.1 Å². The van der Waals surface area contributed by atoms with Crippen LogP contribution in [0.25, 0.3) is 0 Å². The van der Waals surface area contributed by atoms with E-state index in [9.17, 15) is 0 Å². The lowest BCUT2D eigenvalue weighted by atomic mass is 9.66. The molecular formula is C14H29N3. The van der Waals surface area contributed by atoms with Crippen molar-refractivity contribution >= 4 is 0 Å². The fourth-order valence-electron chi connectivity index (χ4n) is 3.28. The minimum Gasteiger partial charge on any atom is -0.330 e. The molecule has 1 aliphatic carbocycles. The Kier molecular flexibility index (Phi) is 4.45. The molecule has 3 heteroatoms. The lowest BCUT2D eigenvalue weighted by molar-refractivity contribution is 0.0801. The largest absolute Gasteiger partial charge is 0.330 e. The smallest absolute Gasteiger partial charge is 0.0217 e. The van der Waals surface area contributed by atoms with Crippen LogP contribution in [0.4, 0.5) is 0 Å². The predicted octanol–water partition coefficient (Wildman–Crippen LogP) is 1.53. The van der Waals surface area contributed by atoms with Gasteiger partial charge in [-0.15, -0.1) is 0 Å². The van der Waals surface area contributed by atoms with Crippen LogP contribution in [0, 0.1) is 5.41 Å². The number of rotatable bonds is 5. The molecule has 1 saturated heterocycles. The van der Waals surface area contributed by atoms with Gasteiger partial charge in [-0.1, -0.05) is 6.42 Å². The number of hydrogen-bond acceptors (Lipinski definition) is 3. The fourth-order valence-corrected chi connectivity index (χ4v) is 3.28. The number of likely N-dealkylation sites (tertiary alicyclic amines) is 1. The molecule has 2 aliphatic rings.